The predicted molar refractivity (Wildman–Crippen MR) is 117 cm³/mol. The average Bonchev–Trinajstić information content (AvgIpc) is 3.10. The summed E-state index contributed by atoms with van der Waals surface area (Å²) in [7, 11) is 0. The third kappa shape index (κ3) is 3.49. The van der Waals surface area contributed by atoms with Gasteiger partial charge in [-0.3, -0.25) is 14.6 Å². The van der Waals surface area contributed by atoms with Crippen LogP contribution in [0.4, 0.5) is 5.13 Å². The first-order valence-electron chi connectivity index (χ1n) is 11.3. The molecule has 29 heavy (non-hydrogen) atoms. The largest absolute Gasteiger partial charge is 0.301 e. The molecule has 1 saturated heterocycles. The maximum absolute atomic E-state index is 12.5. The van der Waals surface area contributed by atoms with E-state index in [1.165, 1.54) is 32.1 Å². The first-order valence-corrected chi connectivity index (χ1v) is 12.1. The Morgan fingerprint density at radius 3 is 2.38 bits per heavy atom. The number of fused-ring (bicyclic) bond motifs is 1. The number of benzene rings is 1. The number of amides is 1. The number of nitrogens with one attached hydrogen (secondary N) is 1. The van der Waals surface area contributed by atoms with Crippen LogP contribution in [0.1, 0.15) is 32.1 Å². The van der Waals surface area contributed by atoms with Gasteiger partial charge < -0.3 is 5.32 Å². The third-order valence-electron chi connectivity index (χ3n) is 7.91. The highest BCUT2D eigenvalue weighted by Crippen LogP contribution is 2.55. The van der Waals surface area contributed by atoms with Crippen molar-refractivity contribution in [2.45, 2.75) is 38.1 Å². The number of thiazole rings is 1. The summed E-state index contributed by atoms with van der Waals surface area (Å²) in [5, 5.41) is 3.72. The van der Waals surface area contributed by atoms with Crippen LogP contribution in [0, 0.1) is 23.7 Å². The predicted octanol–water partition coefficient (Wildman–Crippen LogP) is 3.68. The van der Waals surface area contributed by atoms with Crippen molar-refractivity contribution >= 4 is 32.6 Å². The van der Waals surface area contributed by atoms with Gasteiger partial charge in [0.05, 0.1) is 16.8 Å². The standard InChI is InChI=1S/C23H30N4OS/c28-21(25-23-24-19-3-1-2-4-20(19)29-23)14-26-5-7-27(8-6-26)22-17-10-15-9-16(12-17)13-18(22)11-15/h1-4,15-18,22H,5-14H2,(H,24,25,28). The number of aromatic nitrogens is 1. The molecule has 0 atom stereocenters. The number of carbonyl (C=O) groups is 1. The monoisotopic (exact) mass is 410 g/mol. The van der Waals surface area contributed by atoms with Gasteiger partial charge >= 0.3 is 0 Å². The van der Waals surface area contributed by atoms with Gasteiger partial charge in [-0.1, -0.05) is 23.5 Å². The summed E-state index contributed by atoms with van der Waals surface area (Å²) in [6.07, 6.45) is 7.48. The van der Waals surface area contributed by atoms with Crippen molar-refractivity contribution in [2.75, 3.05) is 38.0 Å². The maximum atomic E-state index is 12.5. The smallest absolute Gasteiger partial charge is 0.240 e. The Hall–Kier alpha value is -1.50. The van der Waals surface area contributed by atoms with Crippen LogP contribution in [0.25, 0.3) is 10.2 Å². The summed E-state index contributed by atoms with van der Waals surface area (Å²) in [4.78, 5) is 22.2. The van der Waals surface area contributed by atoms with Gasteiger partial charge in [0.25, 0.3) is 0 Å². The normalized spacial score (nSPS) is 34.7. The molecule has 1 aromatic carbocycles. The Bertz CT molecular complexity index is 842. The lowest BCUT2D eigenvalue weighted by Crippen LogP contribution is -2.60. The second-order valence-electron chi connectivity index (χ2n) is 9.77. The lowest BCUT2D eigenvalue weighted by molar-refractivity contribution is -0.118. The molecule has 7 rings (SSSR count). The number of hydrogen-bond acceptors (Lipinski definition) is 5. The van der Waals surface area contributed by atoms with Crippen molar-refractivity contribution in [1.29, 1.82) is 0 Å². The zero-order valence-corrected chi connectivity index (χ0v) is 17.7. The van der Waals surface area contributed by atoms with Crippen molar-refractivity contribution in [3.63, 3.8) is 0 Å². The molecule has 0 radical (unpaired) electrons. The minimum atomic E-state index is 0.0622. The highest BCUT2D eigenvalue weighted by molar-refractivity contribution is 7.22. The van der Waals surface area contributed by atoms with Gasteiger partial charge in [0.2, 0.25) is 5.91 Å². The van der Waals surface area contributed by atoms with Gasteiger partial charge in [0, 0.05) is 32.2 Å². The van der Waals surface area contributed by atoms with E-state index in [0.717, 1.165) is 66.1 Å². The molecule has 1 amide bonds. The Balaban J connectivity index is 1.03. The maximum Gasteiger partial charge on any atom is 0.240 e. The topological polar surface area (TPSA) is 48.5 Å². The molecule has 1 N–H and O–H groups in total. The summed E-state index contributed by atoms with van der Waals surface area (Å²) in [5.74, 6) is 4.06. The van der Waals surface area contributed by atoms with Gasteiger partial charge in [-0.15, -0.1) is 0 Å². The van der Waals surface area contributed by atoms with Crippen LogP contribution < -0.4 is 5.32 Å². The molecule has 4 saturated carbocycles. The summed E-state index contributed by atoms with van der Waals surface area (Å²) >= 11 is 1.55. The Morgan fingerprint density at radius 1 is 1.00 bits per heavy atom. The number of anilines is 1. The van der Waals surface area contributed by atoms with E-state index in [1.807, 2.05) is 24.3 Å². The molecule has 5 aliphatic rings. The first-order chi connectivity index (χ1) is 14.2. The molecule has 5 nitrogen and oxygen atoms in total. The highest BCUT2D eigenvalue weighted by Gasteiger charge is 2.50. The van der Waals surface area contributed by atoms with Crippen molar-refractivity contribution < 1.29 is 4.79 Å². The Morgan fingerprint density at radius 2 is 1.69 bits per heavy atom. The summed E-state index contributed by atoms with van der Waals surface area (Å²) in [6.45, 7) is 4.75. The van der Waals surface area contributed by atoms with Gasteiger partial charge in [0.1, 0.15) is 0 Å². The SMILES string of the molecule is O=C(CN1CCN(C2C3CC4CC(C3)CC2C4)CC1)Nc1nc2ccccc2s1. The Kier molecular flexibility index (Phi) is 4.62. The molecule has 0 unspecified atom stereocenters. The average molecular weight is 411 g/mol. The molecule has 4 aliphatic carbocycles. The van der Waals surface area contributed by atoms with E-state index >= 15 is 0 Å². The van der Waals surface area contributed by atoms with Crippen LogP contribution in [0.5, 0.6) is 0 Å². The van der Waals surface area contributed by atoms with E-state index in [0.29, 0.717) is 11.7 Å². The van der Waals surface area contributed by atoms with Crippen molar-refractivity contribution in [2.24, 2.45) is 23.7 Å². The summed E-state index contributed by atoms with van der Waals surface area (Å²) in [5.41, 5.74) is 0.956. The van der Waals surface area contributed by atoms with Crippen LogP contribution in [0.3, 0.4) is 0 Å². The molecule has 6 heteroatoms. The van der Waals surface area contributed by atoms with E-state index < -0.39 is 0 Å². The molecule has 1 aromatic heterocycles. The van der Waals surface area contributed by atoms with Crippen LogP contribution in [-0.4, -0.2) is 59.5 Å². The fourth-order valence-electron chi connectivity index (χ4n) is 7.00. The highest BCUT2D eigenvalue weighted by atomic mass is 32.1. The van der Waals surface area contributed by atoms with Crippen molar-refractivity contribution in [3.05, 3.63) is 24.3 Å². The van der Waals surface area contributed by atoms with Gasteiger partial charge in [0.15, 0.2) is 5.13 Å². The summed E-state index contributed by atoms with van der Waals surface area (Å²) in [6, 6.07) is 8.87. The molecular weight excluding hydrogens is 380 g/mol. The zero-order chi connectivity index (χ0) is 19.4. The van der Waals surface area contributed by atoms with Gasteiger partial charge in [-0.2, -0.15) is 0 Å². The number of para-hydroxylation sites is 1. The Labute approximate surface area is 176 Å². The molecule has 1 aliphatic heterocycles. The second-order valence-corrected chi connectivity index (χ2v) is 10.8. The number of carbonyl (C=O) groups excluding carboxylic acids is 1. The van der Waals surface area contributed by atoms with Gasteiger partial charge in [-0.25, -0.2) is 4.98 Å². The third-order valence-corrected chi connectivity index (χ3v) is 8.86. The van der Waals surface area contributed by atoms with Crippen LogP contribution in [0.15, 0.2) is 24.3 Å². The fourth-order valence-corrected chi connectivity index (χ4v) is 7.88. The van der Waals surface area contributed by atoms with Gasteiger partial charge in [-0.05, 0) is 67.9 Å². The fraction of sp³-hybridized carbons (Fsp3) is 0.652. The molecule has 2 heterocycles. The van der Waals surface area contributed by atoms with Crippen molar-refractivity contribution in [3.8, 4) is 0 Å². The van der Waals surface area contributed by atoms with Crippen molar-refractivity contribution in [1.82, 2.24) is 14.8 Å². The quantitative estimate of drug-likeness (QED) is 0.835. The van der Waals surface area contributed by atoms with E-state index in [9.17, 15) is 4.79 Å². The molecule has 154 valence electrons. The van der Waals surface area contributed by atoms with Crippen LogP contribution in [-0.2, 0) is 4.79 Å². The van der Waals surface area contributed by atoms with E-state index in [1.54, 1.807) is 11.3 Å². The van der Waals surface area contributed by atoms with E-state index in [2.05, 4.69) is 20.1 Å². The van der Waals surface area contributed by atoms with Crippen LogP contribution in [0.2, 0.25) is 0 Å². The molecule has 0 spiro atoms. The lowest BCUT2D eigenvalue weighted by atomic mass is 9.54. The first kappa shape index (κ1) is 18.3. The number of hydrogen-bond donors (Lipinski definition) is 1. The number of nitrogens with zero attached hydrogens (tertiary/aromatic N) is 3. The van der Waals surface area contributed by atoms with E-state index in [-0.39, 0.29) is 5.91 Å². The zero-order valence-electron chi connectivity index (χ0n) is 16.9. The lowest BCUT2D eigenvalue weighted by Gasteiger charge is -2.58. The summed E-state index contributed by atoms with van der Waals surface area (Å²) < 4.78 is 1.12. The molecule has 5 fully saturated rings. The van der Waals surface area contributed by atoms with Crippen LogP contribution >= 0.6 is 11.3 Å². The molecule has 4 bridgehead atoms. The minimum absolute atomic E-state index is 0.0622. The number of piperazine rings is 1. The molecule has 2 aromatic rings. The van der Waals surface area contributed by atoms with E-state index in [4.69, 9.17) is 0 Å². The number of rotatable bonds is 4. The molecular formula is C23H30N4OS. The second kappa shape index (κ2) is 7.33. The minimum Gasteiger partial charge on any atom is -0.301 e.